The molecule has 1 fully saturated rings. The number of hydrogen-bond donors (Lipinski definition) is 1. The van der Waals surface area contributed by atoms with Crippen molar-refractivity contribution in [3.05, 3.63) is 35.1 Å². The summed E-state index contributed by atoms with van der Waals surface area (Å²) in [7, 11) is 0. The molecule has 1 aliphatic carbocycles. The molecule has 15 heavy (non-hydrogen) atoms. The summed E-state index contributed by atoms with van der Waals surface area (Å²) < 4.78 is 13.7. The molecule has 0 bridgehead atoms. The average Bonchev–Trinajstić information content (AvgIpc) is 2.23. The second-order valence-corrected chi connectivity index (χ2v) is 4.58. The van der Waals surface area contributed by atoms with E-state index in [0.717, 1.165) is 24.0 Å². The number of nitrogens with two attached hydrogens (primary N) is 1. The van der Waals surface area contributed by atoms with Crippen molar-refractivity contribution in [2.24, 2.45) is 5.73 Å². The lowest BCUT2D eigenvalue weighted by molar-refractivity contribution is 0.376. The molecule has 1 saturated carbocycles. The first kappa shape index (κ1) is 10.6. The van der Waals surface area contributed by atoms with Gasteiger partial charge < -0.3 is 5.73 Å². The molecule has 0 amide bonds. The Morgan fingerprint density at radius 2 is 2.00 bits per heavy atom. The summed E-state index contributed by atoms with van der Waals surface area (Å²) in [6.45, 7) is 2.00. The van der Waals surface area contributed by atoms with Crippen molar-refractivity contribution in [3.63, 3.8) is 0 Å². The minimum atomic E-state index is -0.0945. The van der Waals surface area contributed by atoms with Gasteiger partial charge in [-0.15, -0.1) is 0 Å². The fraction of sp³-hybridized carbons (Fsp3) is 0.538. The highest BCUT2D eigenvalue weighted by molar-refractivity contribution is 5.28. The molecule has 2 rings (SSSR count). The molecule has 0 heterocycles. The van der Waals surface area contributed by atoms with Crippen molar-refractivity contribution in [2.45, 2.75) is 44.6 Å². The smallest absolute Gasteiger partial charge is 0.126 e. The largest absolute Gasteiger partial charge is 0.327 e. The first-order valence-electron chi connectivity index (χ1n) is 5.70. The quantitative estimate of drug-likeness (QED) is 0.752. The van der Waals surface area contributed by atoms with Crippen molar-refractivity contribution in [1.29, 1.82) is 0 Å². The molecule has 0 spiro atoms. The zero-order chi connectivity index (χ0) is 10.8. The van der Waals surface area contributed by atoms with Crippen molar-refractivity contribution in [1.82, 2.24) is 0 Å². The van der Waals surface area contributed by atoms with E-state index in [1.807, 2.05) is 19.1 Å². The Morgan fingerprint density at radius 3 is 2.73 bits per heavy atom. The van der Waals surface area contributed by atoms with Crippen LogP contribution < -0.4 is 5.73 Å². The predicted octanol–water partition coefficient (Wildman–Crippen LogP) is 3.12. The Hall–Kier alpha value is -0.890. The van der Waals surface area contributed by atoms with Crippen LogP contribution >= 0.6 is 0 Å². The zero-order valence-electron chi connectivity index (χ0n) is 9.17. The van der Waals surface area contributed by atoms with E-state index in [9.17, 15) is 4.39 Å². The Balaban J connectivity index is 2.30. The molecule has 1 aliphatic rings. The summed E-state index contributed by atoms with van der Waals surface area (Å²) in [5.41, 5.74) is 8.00. The van der Waals surface area contributed by atoms with E-state index in [1.165, 1.54) is 12.8 Å². The Labute approximate surface area is 90.5 Å². The summed E-state index contributed by atoms with van der Waals surface area (Å²) in [4.78, 5) is 0. The molecule has 1 nitrogen and oxygen atoms in total. The lowest BCUT2D eigenvalue weighted by atomic mass is 9.80. The van der Waals surface area contributed by atoms with Gasteiger partial charge in [0.05, 0.1) is 0 Å². The van der Waals surface area contributed by atoms with Crippen molar-refractivity contribution in [2.75, 3.05) is 0 Å². The number of rotatable bonds is 1. The second kappa shape index (κ2) is 4.31. The van der Waals surface area contributed by atoms with Crippen molar-refractivity contribution < 1.29 is 4.39 Å². The SMILES string of the molecule is Cc1ccc(F)c(C2CCCCC2N)c1. The predicted molar refractivity (Wildman–Crippen MR) is 60.3 cm³/mol. The molecule has 1 aromatic carbocycles. The number of hydrogen-bond acceptors (Lipinski definition) is 1. The van der Waals surface area contributed by atoms with Gasteiger partial charge >= 0.3 is 0 Å². The van der Waals surface area contributed by atoms with Gasteiger partial charge in [0.15, 0.2) is 0 Å². The monoisotopic (exact) mass is 207 g/mol. The summed E-state index contributed by atoms with van der Waals surface area (Å²) in [6.07, 6.45) is 4.41. The third-order valence-electron chi connectivity index (χ3n) is 3.37. The van der Waals surface area contributed by atoms with Crippen LogP contribution in [0, 0.1) is 12.7 Å². The van der Waals surface area contributed by atoms with E-state index in [2.05, 4.69) is 0 Å². The highest BCUT2D eigenvalue weighted by Crippen LogP contribution is 2.33. The molecule has 2 atom stereocenters. The van der Waals surface area contributed by atoms with Gasteiger partial charge in [-0.25, -0.2) is 4.39 Å². The third kappa shape index (κ3) is 2.20. The first-order valence-corrected chi connectivity index (χ1v) is 5.70. The number of halogens is 1. The van der Waals surface area contributed by atoms with Gasteiger partial charge in [-0.2, -0.15) is 0 Å². The summed E-state index contributed by atoms with van der Waals surface area (Å²) in [5.74, 6) is 0.126. The first-order chi connectivity index (χ1) is 7.18. The fourth-order valence-electron chi connectivity index (χ4n) is 2.49. The van der Waals surface area contributed by atoms with Crippen molar-refractivity contribution in [3.8, 4) is 0 Å². The lowest BCUT2D eigenvalue weighted by Crippen LogP contribution is -2.31. The average molecular weight is 207 g/mol. The molecule has 2 heteroatoms. The van der Waals surface area contributed by atoms with Crippen LogP contribution in [0.5, 0.6) is 0 Å². The Morgan fingerprint density at radius 1 is 1.27 bits per heavy atom. The van der Waals surface area contributed by atoms with E-state index < -0.39 is 0 Å². The topological polar surface area (TPSA) is 26.0 Å². The van der Waals surface area contributed by atoms with Crippen LogP contribution in [-0.4, -0.2) is 6.04 Å². The summed E-state index contributed by atoms with van der Waals surface area (Å²) in [6, 6.07) is 5.46. The Kier molecular flexibility index (Phi) is 3.06. The van der Waals surface area contributed by atoms with Gasteiger partial charge in [0, 0.05) is 12.0 Å². The van der Waals surface area contributed by atoms with Crippen LogP contribution in [0.4, 0.5) is 4.39 Å². The normalized spacial score (nSPS) is 26.6. The maximum Gasteiger partial charge on any atom is 0.126 e. The summed E-state index contributed by atoms with van der Waals surface area (Å²) in [5, 5.41) is 0. The van der Waals surface area contributed by atoms with E-state index in [4.69, 9.17) is 5.73 Å². The molecule has 0 radical (unpaired) electrons. The maximum atomic E-state index is 13.7. The van der Waals surface area contributed by atoms with Crippen LogP contribution in [0.1, 0.15) is 42.7 Å². The van der Waals surface area contributed by atoms with Gasteiger partial charge in [0.1, 0.15) is 5.82 Å². The Bertz CT molecular complexity index is 348. The van der Waals surface area contributed by atoms with Crippen LogP contribution in [-0.2, 0) is 0 Å². The molecule has 0 saturated heterocycles. The van der Waals surface area contributed by atoms with Crippen molar-refractivity contribution >= 4 is 0 Å². The molecule has 1 aromatic rings. The minimum Gasteiger partial charge on any atom is -0.327 e. The minimum absolute atomic E-state index is 0.0945. The van der Waals surface area contributed by atoms with Crippen LogP contribution in [0.15, 0.2) is 18.2 Å². The molecule has 2 N–H and O–H groups in total. The molecule has 2 unspecified atom stereocenters. The van der Waals surface area contributed by atoms with Crippen LogP contribution in [0.3, 0.4) is 0 Å². The molecule has 0 aromatic heterocycles. The molecule has 0 aliphatic heterocycles. The van der Waals surface area contributed by atoms with Crippen LogP contribution in [0.2, 0.25) is 0 Å². The maximum absolute atomic E-state index is 13.7. The molecule has 82 valence electrons. The zero-order valence-corrected chi connectivity index (χ0v) is 9.17. The standard InChI is InChI=1S/C13H18FN/c1-9-6-7-12(14)11(8-9)10-4-2-3-5-13(10)15/h6-8,10,13H,2-5,15H2,1H3. The molecular formula is C13H18FN. The highest BCUT2D eigenvalue weighted by Gasteiger charge is 2.25. The van der Waals surface area contributed by atoms with E-state index >= 15 is 0 Å². The fourth-order valence-corrected chi connectivity index (χ4v) is 2.49. The van der Waals surface area contributed by atoms with Gasteiger partial charge in [-0.3, -0.25) is 0 Å². The van der Waals surface area contributed by atoms with E-state index in [1.54, 1.807) is 6.07 Å². The van der Waals surface area contributed by atoms with Gasteiger partial charge in [-0.1, -0.05) is 30.5 Å². The third-order valence-corrected chi connectivity index (χ3v) is 3.37. The molecular weight excluding hydrogens is 189 g/mol. The van der Waals surface area contributed by atoms with Gasteiger partial charge in [0.25, 0.3) is 0 Å². The van der Waals surface area contributed by atoms with E-state index in [0.29, 0.717) is 0 Å². The van der Waals surface area contributed by atoms with Gasteiger partial charge in [-0.05, 0) is 31.4 Å². The lowest BCUT2D eigenvalue weighted by Gasteiger charge is -2.29. The van der Waals surface area contributed by atoms with Crippen LogP contribution in [0.25, 0.3) is 0 Å². The number of benzene rings is 1. The number of aryl methyl sites for hydroxylation is 1. The van der Waals surface area contributed by atoms with E-state index in [-0.39, 0.29) is 17.8 Å². The summed E-state index contributed by atoms with van der Waals surface area (Å²) >= 11 is 0. The second-order valence-electron chi connectivity index (χ2n) is 4.58. The highest BCUT2D eigenvalue weighted by atomic mass is 19.1. The van der Waals surface area contributed by atoms with Gasteiger partial charge in [0.2, 0.25) is 0 Å².